The van der Waals surface area contributed by atoms with Crippen molar-refractivity contribution in [2.75, 3.05) is 26.2 Å². The van der Waals surface area contributed by atoms with Crippen molar-refractivity contribution in [2.45, 2.75) is 19.4 Å². The molecule has 0 bridgehead atoms. The lowest BCUT2D eigenvalue weighted by atomic mass is 9.95. The van der Waals surface area contributed by atoms with E-state index >= 15 is 0 Å². The van der Waals surface area contributed by atoms with Gasteiger partial charge in [0.2, 0.25) is 5.91 Å². The first kappa shape index (κ1) is 20.0. The molecule has 0 unspecified atom stereocenters. The molecular formula is C21H24Cl2N2O2. The predicted octanol–water partition coefficient (Wildman–Crippen LogP) is 4.40. The Morgan fingerprint density at radius 2 is 1.81 bits per heavy atom. The first-order chi connectivity index (χ1) is 13.1. The topological polar surface area (TPSA) is 41.6 Å². The third-order valence-electron chi connectivity index (χ3n) is 4.74. The van der Waals surface area contributed by atoms with Gasteiger partial charge in [0.15, 0.2) is 0 Å². The van der Waals surface area contributed by atoms with Crippen LogP contribution in [0.5, 0.6) is 5.75 Å². The van der Waals surface area contributed by atoms with Crippen LogP contribution in [-0.4, -0.2) is 37.0 Å². The van der Waals surface area contributed by atoms with Crippen LogP contribution < -0.4 is 10.1 Å². The van der Waals surface area contributed by atoms with E-state index < -0.39 is 0 Å². The molecule has 2 aromatic rings. The molecule has 1 fully saturated rings. The highest BCUT2D eigenvalue weighted by molar-refractivity contribution is 6.30. The van der Waals surface area contributed by atoms with Crippen LogP contribution in [0.3, 0.4) is 0 Å². The summed E-state index contributed by atoms with van der Waals surface area (Å²) in [5.74, 6) is 0.955. The van der Waals surface area contributed by atoms with Gasteiger partial charge in [-0.25, -0.2) is 0 Å². The number of rotatable bonds is 7. The van der Waals surface area contributed by atoms with E-state index in [0.717, 1.165) is 43.2 Å². The van der Waals surface area contributed by atoms with E-state index in [0.29, 0.717) is 18.2 Å². The second kappa shape index (κ2) is 9.98. The second-order valence-corrected chi connectivity index (χ2v) is 7.65. The van der Waals surface area contributed by atoms with Crippen molar-refractivity contribution in [1.29, 1.82) is 0 Å². The quantitative estimate of drug-likeness (QED) is 0.692. The molecule has 27 heavy (non-hydrogen) atoms. The lowest BCUT2D eigenvalue weighted by molar-refractivity contribution is -0.126. The molecule has 1 N–H and O–H groups in total. The summed E-state index contributed by atoms with van der Waals surface area (Å²) in [6.45, 7) is 3.67. The maximum Gasteiger partial charge on any atom is 0.223 e. The SMILES string of the molecule is O=C(NCCOc1ccc(Cl)cc1)C1CCN(Cc2cccc(Cl)c2)CC1. The molecule has 0 aromatic heterocycles. The minimum atomic E-state index is 0.0798. The molecule has 0 saturated carbocycles. The number of piperidine rings is 1. The molecule has 1 heterocycles. The Morgan fingerprint density at radius 1 is 1.07 bits per heavy atom. The van der Waals surface area contributed by atoms with Crippen molar-refractivity contribution in [3.63, 3.8) is 0 Å². The van der Waals surface area contributed by atoms with Crippen molar-refractivity contribution in [1.82, 2.24) is 10.2 Å². The molecule has 3 rings (SSSR count). The van der Waals surface area contributed by atoms with Gasteiger partial charge in [-0.2, -0.15) is 0 Å². The number of likely N-dealkylation sites (tertiary alicyclic amines) is 1. The molecule has 0 atom stereocenters. The molecular weight excluding hydrogens is 383 g/mol. The van der Waals surface area contributed by atoms with Crippen LogP contribution in [0.15, 0.2) is 48.5 Å². The standard InChI is InChI=1S/C21H24Cl2N2O2/c22-18-4-6-20(7-5-18)27-13-10-24-21(26)17-8-11-25(12-9-17)15-16-2-1-3-19(23)14-16/h1-7,14,17H,8-13,15H2,(H,24,26). The van der Waals surface area contributed by atoms with Gasteiger partial charge in [0.05, 0.1) is 6.54 Å². The number of carbonyl (C=O) groups is 1. The Hall–Kier alpha value is -1.75. The summed E-state index contributed by atoms with van der Waals surface area (Å²) in [5.41, 5.74) is 1.21. The van der Waals surface area contributed by atoms with Crippen LogP contribution in [0, 0.1) is 5.92 Å². The van der Waals surface area contributed by atoms with Gasteiger partial charge >= 0.3 is 0 Å². The Balaban J connectivity index is 1.34. The van der Waals surface area contributed by atoms with Gasteiger partial charge in [-0.05, 0) is 67.9 Å². The fourth-order valence-corrected chi connectivity index (χ4v) is 3.60. The number of ether oxygens (including phenoxy) is 1. The molecule has 6 heteroatoms. The molecule has 1 saturated heterocycles. The molecule has 1 aliphatic rings. The minimum Gasteiger partial charge on any atom is -0.492 e. The van der Waals surface area contributed by atoms with E-state index in [1.165, 1.54) is 5.56 Å². The molecule has 1 amide bonds. The van der Waals surface area contributed by atoms with Crippen LogP contribution in [0.1, 0.15) is 18.4 Å². The number of hydrogen-bond acceptors (Lipinski definition) is 3. The van der Waals surface area contributed by atoms with Crippen LogP contribution in [0.2, 0.25) is 10.0 Å². The highest BCUT2D eigenvalue weighted by Crippen LogP contribution is 2.20. The fraction of sp³-hybridized carbons (Fsp3) is 0.381. The van der Waals surface area contributed by atoms with Crippen LogP contribution in [0.4, 0.5) is 0 Å². The normalized spacial score (nSPS) is 15.5. The molecule has 0 aliphatic carbocycles. The zero-order valence-electron chi connectivity index (χ0n) is 15.2. The lowest BCUT2D eigenvalue weighted by Gasteiger charge is -2.31. The van der Waals surface area contributed by atoms with Gasteiger partial charge in [0.25, 0.3) is 0 Å². The Bertz CT molecular complexity index is 744. The van der Waals surface area contributed by atoms with Crippen LogP contribution >= 0.6 is 23.2 Å². The van der Waals surface area contributed by atoms with Gasteiger partial charge in [-0.3, -0.25) is 9.69 Å². The van der Waals surface area contributed by atoms with Gasteiger partial charge in [0.1, 0.15) is 12.4 Å². The van der Waals surface area contributed by atoms with Crippen molar-refractivity contribution in [3.8, 4) is 5.75 Å². The number of nitrogens with zero attached hydrogens (tertiary/aromatic N) is 1. The van der Waals surface area contributed by atoms with Gasteiger partial charge < -0.3 is 10.1 Å². The third-order valence-corrected chi connectivity index (χ3v) is 5.22. The zero-order valence-corrected chi connectivity index (χ0v) is 16.7. The van der Waals surface area contributed by atoms with Crippen LogP contribution in [0.25, 0.3) is 0 Å². The first-order valence-corrected chi connectivity index (χ1v) is 9.98. The summed E-state index contributed by atoms with van der Waals surface area (Å²) < 4.78 is 5.60. The Labute approximate surface area is 170 Å². The summed E-state index contributed by atoms with van der Waals surface area (Å²) in [5, 5.41) is 4.42. The Kier molecular flexibility index (Phi) is 7.39. The molecule has 0 spiro atoms. The minimum absolute atomic E-state index is 0.0798. The van der Waals surface area contributed by atoms with E-state index in [9.17, 15) is 4.79 Å². The number of amides is 1. The average molecular weight is 407 g/mol. The number of hydrogen-bond donors (Lipinski definition) is 1. The largest absolute Gasteiger partial charge is 0.492 e. The van der Waals surface area contributed by atoms with Crippen molar-refractivity contribution < 1.29 is 9.53 Å². The summed E-state index contributed by atoms with van der Waals surface area (Å²) >= 11 is 11.9. The number of carbonyl (C=O) groups excluding carboxylic acids is 1. The highest BCUT2D eigenvalue weighted by Gasteiger charge is 2.24. The Morgan fingerprint density at radius 3 is 2.52 bits per heavy atom. The summed E-state index contributed by atoms with van der Waals surface area (Å²) in [6.07, 6.45) is 1.76. The fourth-order valence-electron chi connectivity index (χ4n) is 3.27. The summed E-state index contributed by atoms with van der Waals surface area (Å²) in [7, 11) is 0. The monoisotopic (exact) mass is 406 g/mol. The maximum absolute atomic E-state index is 12.3. The molecule has 4 nitrogen and oxygen atoms in total. The van der Waals surface area contributed by atoms with E-state index in [4.69, 9.17) is 27.9 Å². The number of nitrogens with one attached hydrogen (secondary N) is 1. The van der Waals surface area contributed by atoms with Crippen LogP contribution in [-0.2, 0) is 11.3 Å². The van der Waals surface area contributed by atoms with Gasteiger partial charge in [-0.15, -0.1) is 0 Å². The molecule has 1 aliphatic heterocycles. The summed E-state index contributed by atoms with van der Waals surface area (Å²) in [4.78, 5) is 14.7. The molecule has 2 aromatic carbocycles. The number of benzene rings is 2. The van der Waals surface area contributed by atoms with Crippen molar-refractivity contribution >= 4 is 29.1 Å². The third kappa shape index (κ3) is 6.42. The maximum atomic E-state index is 12.3. The van der Waals surface area contributed by atoms with Crippen molar-refractivity contribution in [2.24, 2.45) is 5.92 Å². The van der Waals surface area contributed by atoms with Gasteiger partial charge in [-0.1, -0.05) is 35.3 Å². The first-order valence-electron chi connectivity index (χ1n) is 9.23. The van der Waals surface area contributed by atoms with E-state index in [2.05, 4.69) is 16.3 Å². The van der Waals surface area contributed by atoms with E-state index in [1.807, 2.05) is 30.3 Å². The molecule has 0 radical (unpaired) electrons. The molecule has 144 valence electrons. The lowest BCUT2D eigenvalue weighted by Crippen LogP contribution is -2.41. The predicted molar refractivity (Wildman–Crippen MR) is 109 cm³/mol. The average Bonchev–Trinajstić information content (AvgIpc) is 2.67. The highest BCUT2D eigenvalue weighted by atomic mass is 35.5. The van der Waals surface area contributed by atoms with Gasteiger partial charge in [0, 0.05) is 22.5 Å². The summed E-state index contributed by atoms with van der Waals surface area (Å²) in [6, 6.07) is 15.2. The smallest absolute Gasteiger partial charge is 0.223 e. The van der Waals surface area contributed by atoms with E-state index in [-0.39, 0.29) is 11.8 Å². The van der Waals surface area contributed by atoms with Crippen molar-refractivity contribution in [3.05, 3.63) is 64.1 Å². The second-order valence-electron chi connectivity index (χ2n) is 6.77. The zero-order chi connectivity index (χ0) is 19.1. The van der Waals surface area contributed by atoms with E-state index in [1.54, 1.807) is 12.1 Å². The number of halogens is 2.